The first kappa shape index (κ1) is 26.8. The lowest BCUT2D eigenvalue weighted by molar-refractivity contribution is -0.141. The van der Waals surface area contributed by atoms with Gasteiger partial charge in [0.1, 0.15) is 6.04 Å². The first-order valence-electron chi connectivity index (χ1n) is 11.9. The largest absolute Gasteiger partial charge is 0.352 e. The van der Waals surface area contributed by atoms with Crippen molar-refractivity contribution in [3.05, 3.63) is 105 Å². The molecule has 0 saturated heterocycles. The highest BCUT2D eigenvalue weighted by Gasteiger charge is 2.31. The molecule has 3 rings (SSSR count). The van der Waals surface area contributed by atoms with Crippen LogP contribution in [-0.2, 0) is 29.0 Å². The first-order chi connectivity index (χ1) is 16.8. The molecule has 1 N–H and O–H groups in total. The molecular weight excluding hydrogens is 479 g/mol. The van der Waals surface area contributed by atoms with Gasteiger partial charge in [0.05, 0.1) is 6.42 Å². The summed E-state index contributed by atoms with van der Waals surface area (Å²) in [5.41, 5.74) is 3.60. The molecule has 0 spiro atoms. The van der Waals surface area contributed by atoms with Crippen molar-refractivity contribution in [1.29, 1.82) is 0 Å². The molecule has 3 aromatic rings. The van der Waals surface area contributed by atoms with E-state index in [1.54, 1.807) is 23.1 Å². The van der Waals surface area contributed by atoms with Gasteiger partial charge in [0.25, 0.3) is 0 Å². The number of halogens is 2. The van der Waals surface area contributed by atoms with E-state index >= 15 is 0 Å². The number of aryl methyl sites for hydroxylation is 1. The molecular formula is C29H32Cl2N2O2. The molecule has 35 heavy (non-hydrogen) atoms. The minimum Gasteiger partial charge on any atom is -0.352 e. The Morgan fingerprint density at radius 2 is 1.51 bits per heavy atom. The summed E-state index contributed by atoms with van der Waals surface area (Å²) >= 11 is 13.0. The molecule has 2 atom stereocenters. The van der Waals surface area contributed by atoms with Crippen molar-refractivity contribution >= 4 is 35.0 Å². The average molecular weight is 511 g/mol. The standard InChI is InChI=1S/C29H32Cl2N2O2/c1-4-21(3)32-29(35)27(17-22-9-6-5-7-10-22)33(19-24-25(30)11-8-12-26(24)31)28(34)18-23-15-13-20(2)14-16-23/h5-16,21,27H,4,17-19H2,1-3H3,(H,32,35)/t21-,27+/m1/s1. The van der Waals surface area contributed by atoms with E-state index < -0.39 is 6.04 Å². The van der Waals surface area contributed by atoms with Gasteiger partial charge in [-0.05, 0) is 43.5 Å². The summed E-state index contributed by atoms with van der Waals surface area (Å²) in [5.74, 6) is -0.353. The third kappa shape index (κ3) is 7.58. The Morgan fingerprint density at radius 1 is 0.886 bits per heavy atom. The Morgan fingerprint density at radius 3 is 2.11 bits per heavy atom. The van der Waals surface area contributed by atoms with Crippen molar-refractivity contribution in [2.24, 2.45) is 0 Å². The number of hydrogen-bond acceptors (Lipinski definition) is 2. The molecule has 0 fully saturated rings. The van der Waals surface area contributed by atoms with Crippen molar-refractivity contribution in [3.63, 3.8) is 0 Å². The van der Waals surface area contributed by atoms with Crippen molar-refractivity contribution in [2.75, 3.05) is 0 Å². The summed E-state index contributed by atoms with van der Waals surface area (Å²) in [7, 11) is 0. The van der Waals surface area contributed by atoms with Crippen LogP contribution in [0.4, 0.5) is 0 Å². The smallest absolute Gasteiger partial charge is 0.243 e. The summed E-state index contributed by atoms with van der Waals surface area (Å²) in [6.45, 7) is 6.11. The van der Waals surface area contributed by atoms with E-state index in [4.69, 9.17) is 23.2 Å². The average Bonchev–Trinajstić information content (AvgIpc) is 2.84. The second kappa shape index (κ2) is 12.8. The van der Waals surface area contributed by atoms with Crippen LogP contribution < -0.4 is 5.32 Å². The number of carbonyl (C=O) groups excluding carboxylic acids is 2. The van der Waals surface area contributed by atoms with Crippen LogP contribution in [0.1, 0.15) is 42.5 Å². The summed E-state index contributed by atoms with van der Waals surface area (Å²) in [6.07, 6.45) is 1.34. The molecule has 184 valence electrons. The fourth-order valence-electron chi connectivity index (χ4n) is 3.83. The van der Waals surface area contributed by atoms with Crippen LogP contribution in [0.5, 0.6) is 0 Å². The monoisotopic (exact) mass is 510 g/mol. The lowest BCUT2D eigenvalue weighted by atomic mass is 10.0. The maximum absolute atomic E-state index is 13.8. The fourth-order valence-corrected chi connectivity index (χ4v) is 4.35. The SMILES string of the molecule is CC[C@@H](C)NC(=O)[C@H](Cc1ccccc1)N(Cc1c(Cl)cccc1Cl)C(=O)Cc1ccc(C)cc1. The number of amides is 2. The summed E-state index contributed by atoms with van der Waals surface area (Å²) < 4.78 is 0. The van der Waals surface area contributed by atoms with Gasteiger partial charge >= 0.3 is 0 Å². The van der Waals surface area contributed by atoms with Gasteiger partial charge in [-0.1, -0.05) is 96.4 Å². The highest BCUT2D eigenvalue weighted by atomic mass is 35.5. The van der Waals surface area contributed by atoms with Crippen molar-refractivity contribution in [3.8, 4) is 0 Å². The van der Waals surface area contributed by atoms with Gasteiger partial charge in [-0.25, -0.2) is 0 Å². The number of benzene rings is 3. The third-order valence-electron chi connectivity index (χ3n) is 6.14. The van der Waals surface area contributed by atoms with Crippen LogP contribution in [0.3, 0.4) is 0 Å². The molecule has 0 aromatic heterocycles. The van der Waals surface area contributed by atoms with Gasteiger partial charge in [0, 0.05) is 34.6 Å². The third-order valence-corrected chi connectivity index (χ3v) is 6.85. The van der Waals surface area contributed by atoms with Crippen LogP contribution in [-0.4, -0.2) is 28.8 Å². The molecule has 0 aliphatic rings. The van der Waals surface area contributed by atoms with Crippen LogP contribution >= 0.6 is 23.2 Å². The maximum Gasteiger partial charge on any atom is 0.243 e. The number of carbonyl (C=O) groups is 2. The number of hydrogen-bond donors (Lipinski definition) is 1. The van der Waals surface area contributed by atoms with Crippen LogP contribution in [0.25, 0.3) is 0 Å². The first-order valence-corrected chi connectivity index (χ1v) is 12.7. The summed E-state index contributed by atoms with van der Waals surface area (Å²) in [5, 5.41) is 4.00. The highest BCUT2D eigenvalue weighted by Crippen LogP contribution is 2.27. The second-order valence-electron chi connectivity index (χ2n) is 8.91. The minimum absolute atomic E-state index is 0.0151. The molecule has 0 saturated carbocycles. The quantitative estimate of drug-likeness (QED) is 0.343. The van der Waals surface area contributed by atoms with E-state index in [2.05, 4.69) is 5.32 Å². The Hall–Kier alpha value is -2.82. The van der Waals surface area contributed by atoms with E-state index in [0.29, 0.717) is 22.0 Å². The molecule has 0 aliphatic heterocycles. The van der Waals surface area contributed by atoms with Gasteiger partial charge in [0.15, 0.2) is 0 Å². The Kier molecular flexibility index (Phi) is 9.76. The summed E-state index contributed by atoms with van der Waals surface area (Å²) in [4.78, 5) is 28.9. The van der Waals surface area contributed by atoms with Crippen LogP contribution in [0.2, 0.25) is 10.0 Å². The van der Waals surface area contributed by atoms with Crippen LogP contribution in [0, 0.1) is 6.92 Å². The number of nitrogens with zero attached hydrogens (tertiary/aromatic N) is 1. The molecule has 6 heteroatoms. The fraction of sp³-hybridized carbons (Fsp3) is 0.310. The maximum atomic E-state index is 13.8. The van der Waals surface area contributed by atoms with Crippen molar-refractivity contribution < 1.29 is 9.59 Å². The zero-order chi connectivity index (χ0) is 25.4. The summed E-state index contributed by atoms with van der Waals surface area (Å²) in [6, 6.07) is 22.1. The molecule has 0 aliphatic carbocycles. The van der Waals surface area contributed by atoms with E-state index in [1.165, 1.54) is 0 Å². The normalized spacial score (nSPS) is 12.6. The van der Waals surface area contributed by atoms with Gasteiger partial charge in [-0.3, -0.25) is 9.59 Å². The predicted octanol–water partition coefficient (Wildman–Crippen LogP) is 6.40. The lowest BCUT2D eigenvalue weighted by Gasteiger charge is -2.33. The van der Waals surface area contributed by atoms with Crippen molar-refractivity contribution in [2.45, 2.75) is 58.7 Å². The van der Waals surface area contributed by atoms with Crippen molar-refractivity contribution in [1.82, 2.24) is 10.2 Å². The molecule has 0 unspecified atom stereocenters. The zero-order valence-corrected chi connectivity index (χ0v) is 21.9. The van der Waals surface area contributed by atoms with Gasteiger partial charge in [0.2, 0.25) is 11.8 Å². The topological polar surface area (TPSA) is 49.4 Å². The Balaban J connectivity index is 2.01. The van der Waals surface area contributed by atoms with E-state index in [-0.39, 0.29) is 30.8 Å². The minimum atomic E-state index is -0.725. The van der Waals surface area contributed by atoms with Gasteiger partial charge < -0.3 is 10.2 Å². The van der Waals surface area contributed by atoms with E-state index in [1.807, 2.05) is 75.4 Å². The highest BCUT2D eigenvalue weighted by molar-refractivity contribution is 6.36. The Bertz CT molecular complexity index is 1110. The van der Waals surface area contributed by atoms with Gasteiger partial charge in [-0.15, -0.1) is 0 Å². The van der Waals surface area contributed by atoms with Gasteiger partial charge in [-0.2, -0.15) is 0 Å². The number of nitrogens with one attached hydrogen (secondary N) is 1. The lowest BCUT2D eigenvalue weighted by Crippen LogP contribution is -2.52. The number of rotatable bonds is 10. The molecule has 4 nitrogen and oxygen atoms in total. The molecule has 3 aromatic carbocycles. The molecule has 2 amide bonds. The second-order valence-corrected chi connectivity index (χ2v) is 9.72. The molecule has 0 bridgehead atoms. The molecule has 0 radical (unpaired) electrons. The Labute approximate surface area is 218 Å². The predicted molar refractivity (Wildman–Crippen MR) is 144 cm³/mol. The van der Waals surface area contributed by atoms with E-state index in [9.17, 15) is 9.59 Å². The van der Waals surface area contributed by atoms with Crippen LogP contribution in [0.15, 0.2) is 72.8 Å². The van der Waals surface area contributed by atoms with E-state index in [0.717, 1.165) is 23.1 Å². The molecule has 0 heterocycles. The zero-order valence-electron chi connectivity index (χ0n) is 20.4.